The highest BCUT2D eigenvalue weighted by atomic mass is 16.5. The Hall–Kier alpha value is -1.80. The van der Waals surface area contributed by atoms with E-state index in [4.69, 9.17) is 4.74 Å². The SMILES string of the molecule is COc1ccccc1[C@@H](C)NCc1ccc(C(C)C)cc1. The molecule has 0 aliphatic heterocycles. The second kappa shape index (κ2) is 7.28. The molecule has 0 aromatic heterocycles. The molecule has 112 valence electrons. The molecule has 2 aromatic carbocycles. The summed E-state index contributed by atoms with van der Waals surface area (Å²) in [5.74, 6) is 1.52. The molecule has 0 fully saturated rings. The lowest BCUT2D eigenvalue weighted by atomic mass is 10.0. The van der Waals surface area contributed by atoms with E-state index in [1.807, 2.05) is 18.2 Å². The molecule has 0 bridgehead atoms. The maximum absolute atomic E-state index is 5.42. The molecule has 0 spiro atoms. The Kier molecular flexibility index (Phi) is 5.40. The molecule has 0 unspecified atom stereocenters. The summed E-state index contributed by atoms with van der Waals surface area (Å²) >= 11 is 0. The Morgan fingerprint density at radius 2 is 1.62 bits per heavy atom. The number of methoxy groups -OCH3 is 1. The third kappa shape index (κ3) is 4.08. The van der Waals surface area contributed by atoms with E-state index in [0.29, 0.717) is 5.92 Å². The summed E-state index contributed by atoms with van der Waals surface area (Å²) in [6.45, 7) is 7.46. The van der Waals surface area contributed by atoms with Crippen molar-refractivity contribution >= 4 is 0 Å². The van der Waals surface area contributed by atoms with Crippen molar-refractivity contribution in [3.63, 3.8) is 0 Å². The van der Waals surface area contributed by atoms with Gasteiger partial charge in [0.2, 0.25) is 0 Å². The van der Waals surface area contributed by atoms with Gasteiger partial charge in [0.1, 0.15) is 5.75 Å². The highest BCUT2D eigenvalue weighted by Crippen LogP contribution is 2.24. The molecule has 0 aliphatic carbocycles. The van der Waals surface area contributed by atoms with Crippen molar-refractivity contribution in [1.29, 1.82) is 0 Å². The minimum Gasteiger partial charge on any atom is -0.496 e. The summed E-state index contributed by atoms with van der Waals surface area (Å²) in [5, 5.41) is 3.56. The molecule has 0 radical (unpaired) electrons. The van der Waals surface area contributed by atoms with E-state index in [1.165, 1.54) is 16.7 Å². The molecule has 1 N–H and O–H groups in total. The monoisotopic (exact) mass is 283 g/mol. The molecule has 1 atom stereocenters. The molecule has 2 aromatic rings. The van der Waals surface area contributed by atoms with Crippen molar-refractivity contribution in [2.75, 3.05) is 7.11 Å². The first kappa shape index (κ1) is 15.6. The summed E-state index contributed by atoms with van der Waals surface area (Å²) in [6, 6.07) is 17.3. The Morgan fingerprint density at radius 3 is 2.24 bits per heavy atom. The van der Waals surface area contributed by atoms with Crippen molar-refractivity contribution in [2.45, 2.75) is 39.3 Å². The van der Waals surface area contributed by atoms with Crippen LogP contribution in [0.25, 0.3) is 0 Å². The first-order valence-corrected chi connectivity index (χ1v) is 7.57. The van der Waals surface area contributed by atoms with Crippen LogP contribution in [-0.2, 0) is 6.54 Å². The van der Waals surface area contributed by atoms with E-state index in [1.54, 1.807) is 7.11 Å². The van der Waals surface area contributed by atoms with E-state index in [-0.39, 0.29) is 6.04 Å². The average Bonchev–Trinajstić information content (AvgIpc) is 2.52. The van der Waals surface area contributed by atoms with Gasteiger partial charge in [-0.3, -0.25) is 0 Å². The third-order valence-corrected chi connectivity index (χ3v) is 3.86. The number of ether oxygens (including phenoxy) is 1. The zero-order valence-corrected chi connectivity index (χ0v) is 13.4. The van der Waals surface area contributed by atoms with Crippen molar-refractivity contribution < 1.29 is 4.74 Å². The van der Waals surface area contributed by atoms with Crippen LogP contribution in [0, 0.1) is 0 Å². The van der Waals surface area contributed by atoms with Crippen molar-refractivity contribution in [3.05, 3.63) is 65.2 Å². The maximum Gasteiger partial charge on any atom is 0.123 e. The molecule has 0 heterocycles. The fraction of sp³-hybridized carbons (Fsp3) is 0.368. The van der Waals surface area contributed by atoms with Gasteiger partial charge in [0.25, 0.3) is 0 Å². The Labute approximate surface area is 128 Å². The lowest BCUT2D eigenvalue weighted by Crippen LogP contribution is -2.18. The highest BCUT2D eigenvalue weighted by molar-refractivity contribution is 5.35. The van der Waals surface area contributed by atoms with Crippen molar-refractivity contribution in [1.82, 2.24) is 5.32 Å². The van der Waals surface area contributed by atoms with Gasteiger partial charge in [-0.15, -0.1) is 0 Å². The minimum atomic E-state index is 0.255. The molecule has 0 saturated heterocycles. The van der Waals surface area contributed by atoms with Crippen molar-refractivity contribution in [3.8, 4) is 5.75 Å². The normalized spacial score (nSPS) is 12.4. The smallest absolute Gasteiger partial charge is 0.123 e. The number of hydrogen-bond donors (Lipinski definition) is 1. The van der Waals surface area contributed by atoms with Crippen molar-refractivity contribution in [2.24, 2.45) is 0 Å². The number of rotatable bonds is 6. The lowest BCUT2D eigenvalue weighted by Gasteiger charge is -2.17. The lowest BCUT2D eigenvalue weighted by molar-refractivity contribution is 0.401. The summed E-state index contributed by atoms with van der Waals surface area (Å²) in [7, 11) is 1.72. The Bertz CT molecular complexity index is 560. The van der Waals surface area contributed by atoms with Gasteiger partial charge >= 0.3 is 0 Å². The van der Waals surface area contributed by atoms with E-state index in [2.05, 4.69) is 56.4 Å². The predicted molar refractivity (Wildman–Crippen MR) is 88.8 cm³/mol. The second-order valence-electron chi connectivity index (χ2n) is 5.74. The van der Waals surface area contributed by atoms with Gasteiger partial charge in [-0.25, -0.2) is 0 Å². The fourth-order valence-electron chi connectivity index (χ4n) is 2.43. The standard InChI is InChI=1S/C19H25NO/c1-14(2)17-11-9-16(10-12-17)13-20-15(3)18-7-5-6-8-19(18)21-4/h5-12,14-15,20H,13H2,1-4H3/t15-/m1/s1. The zero-order valence-electron chi connectivity index (χ0n) is 13.4. The third-order valence-electron chi connectivity index (χ3n) is 3.86. The minimum absolute atomic E-state index is 0.255. The molecule has 0 amide bonds. The van der Waals surface area contributed by atoms with Crippen LogP contribution in [0.5, 0.6) is 5.75 Å². The predicted octanol–water partition coefficient (Wildman–Crippen LogP) is 4.67. The Morgan fingerprint density at radius 1 is 0.952 bits per heavy atom. The van der Waals surface area contributed by atoms with E-state index < -0.39 is 0 Å². The highest BCUT2D eigenvalue weighted by Gasteiger charge is 2.10. The van der Waals surface area contributed by atoms with Crippen LogP contribution in [0.1, 0.15) is 49.4 Å². The van der Waals surface area contributed by atoms with Crippen LogP contribution in [0.2, 0.25) is 0 Å². The molecule has 0 aliphatic rings. The van der Waals surface area contributed by atoms with E-state index in [0.717, 1.165) is 12.3 Å². The number of para-hydroxylation sites is 1. The van der Waals surface area contributed by atoms with E-state index >= 15 is 0 Å². The number of nitrogens with one attached hydrogen (secondary N) is 1. The number of hydrogen-bond acceptors (Lipinski definition) is 2. The van der Waals surface area contributed by atoms with E-state index in [9.17, 15) is 0 Å². The summed E-state index contributed by atoms with van der Waals surface area (Å²) in [5.41, 5.74) is 3.89. The second-order valence-corrected chi connectivity index (χ2v) is 5.74. The molecule has 21 heavy (non-hydrogen) atoms. The maximum atomic E-state index is 5.42. The first-order chi connectivity index (χ1) is 10.1. The Balaban J connectivity index is 1.99. The van der Waals surface area contributed by atoms with Crippen LogP contribution in [0.4, 0.5) is 0 Å². The molecule has 0 saturated carbocycles. The molecular formula is C19H25NO. The molecule has 2 rings (SSSR count). The molecule has 2 nitrogen and oxygen atoms in total. The topological polar surface area (TPSA) is 21.3 Å². The summed E-state index contributed by atoms with van der Waals surface area (Å²) in [4.78, 5) is 0. The molecular weight excluding hydrogens is 258 g/mol. The van der Waals surface area contributed by atoms with Crippen LogP contribution in [-0.4, -0.2) is 7.11 Å². The average molecular weight is 283 g/mol. The van der Waals surface area contributed by atoms with Gasteiger partial charge in [-0.05, 0) is 30.0 Å². The molecule has 2 heteroatoms. The van der Waals surface area contributed by atoms with Gasteiger partial charge in [0.15, 0.2) is 0 Å². The van der Waals surface area contributed by atoms with Gasteiger partial charge in [0, 0.05) is 18.2 Å². The zero-order chi connectivity index (χ0) is 15.2. The van der Waals surface area contributed by atoms with Gasteiger partial charge in [-0.2, -0.15) is 0 Å². The summed E-state index contributed by atoms with van der Waals surface area (Å²) in [6.07, 6.45) is 0. The van der Waals surface area contributed by atoms with Crippen LogP contribution in [0.3, 0.4) is 0 Å². The van der Waals surface area contributed by atoms with Crippen LogP contribution in [0.15, 0.2) is 48.5 Å². The number of benzene rings is 2. The van der Waals surface area contributed by atoms with Gasteiger partial charge in [-0.1, -0.05) is 56.3 Å². The summed E-state index contributed by atoms with van der Waals surface area (Å²) < 4.78 is 5.42. The van der Waals surface area contributed by atoms with Gasteiger partial charge in [0.05, 0.1) is 7.11 Å². The fourth-order valence-corrected chi connectivity index (χ4v) is 2.43. The first-order valence-electron chi connectivity index (χ1n) is 7.57. The largest absolute Gasteiger partial charge is 0.496 e. The van der Waals surface area contributed by atoms with Gasteiger partial charge < -0.3 is 10.1 Å². The van der Waals surface area contributed by atoms with Crippen LogP contribution < -0.4 is 10.1 Å². The quantitative estimate of drug-likeness (QED) is 0.832. The van der Waals surface area contributed by atoms with Crippen LogP contribution >= 0.6 is 0 Å².